The maximum Gasteiger partial charge on any atom is 0.312 e. The van der Waals surface area contributed by atoms with E-state index in [-0.39, 0.29) is 36.2 Å². The molecule has 11 nitrogen and oxygen atoms in total. The van der Waals surface area contributed by atoms with E-state index in [0.717, 1.165) is 0 Å². The summed E-state index contributed by atoms with van der Waals surface area (Å²) in [7, 11) is 0. The van der Waals surface area contributed by atoms with Crippen LogP contribution in [-0.2, 0) is 19.1 Å². The van der Waals surface area contributed by atoms with Gasteiger partial charge in [0.2, 0.25) is 0 Å². The number of carbonyl (C=O) groups excluding carboxylic acids is 2. The first-order valence-corrected chi connectivity index (χ1v) is 8.68. The molecule has 12 heteroatoms. The number of halogens is 1. The lowest BCUT2D eigenvalue weighted by molar-refractivity contribution is -0.146. The second kappa shape index (κ2) is 6.72. The summed E-state index contributed by atoms with van der Waals surface area (Å²) in [5.74, 6) is -1.29. The highest BCUT2D eigenvalue weighted by Gasteiger charge is 2.45. The van der Waals surface area contributed by atoms with Crippen LogP contribution >= 0.6 is 0 Å². The van der Waals surface area contributed by atoms with E-state index in [1.807, 2.05) is 0 Å². The lowest BCUT2D eigenvalue weighted by Gasteiger charge is -2.24. The van der Waals surface area contributed by atoms with Crippen LogP contribution in [0.5, 0.6) is 0 Å². The van der Waals surface area contributed by atoms with Crippen molar-refractivity contribution < 1.29 is 33.7 Å². The number of anilines is 1. The molecule has 0 unspecified atom stereocenters. The largest absolute Gasteiger partial charge is 0.452 e. The Labute approximate surface area is 157 Å². The summed E-state index contributed by atoms with van der Waals surface area (Å²) in [5.41, 5.74) is -1.02. The molecule has 2 fully saturated rings. The molecular formula is C16H18FN5O6. The number of hydrogen-bond donors (Lipinski definition) is 3. The summed E-state index contributed by atoms with van der Waals surface area (Å²) < 4.78 is 26.0. The Hall–Kier alpha value is -2.70. The fraction of sp³-hybridized carbons (Fsp3) is 0.562. The van der Waals surface area contributed by atoms with Gasteiger partial charge in [-0.2, -0.15) is 14.4 Å². The number of fused-ring (bicyclic) bond motifs is 1. The van der Waals surface area contributed by atoms with Gasteiger partial charge in [0, 0.05) is 19.3 Å². The fourth-order valence-corrected chi connectivity index (χ4v) is 3.29. The van der Waals surface area contributed by atoms with E-state index >= 15 is 0 Å². The lowest BCUT2D eigenvalue weighted by Crippen LogP contribution is -2.39. The molecule has 0 radical (unpaired) electrons. The molecule has 0 spiro atoms. The number of nitrogens with zero attached hydrogens (tertiary/aromatic N) is 4. The molecule has 2 aliphatic heterocycles. The molecule has 1 amide bonds. The SMILES string of the molecule is C[C@]1(CO)O[C@@H](n2cnc3c(NC(=O)[C@H]4CCC(=O)O4)nc(F)nc32)C[C@@H]1O. The first-order valence-electron chi connectivity index (χ1n) is 8.68. The summed E-state index contributed by atoms with van der Waals surface area (Å²) in [4.78, 5) is 34.8. The van der Waals surface area contributed by atoms with Gasteiger partial charge in [0.05, 0.1) is 19.0 Å². The number of imidazole rings is 1. The van der Waals surface area contributed by atoms with Gasteiger partial charge in [-0.3, -0.25) is 14.2 Å². The van der Waals surface area contributed by atoms with Gasteiger partial charge in [-0.15, -0.1) is 0 Å². The number of rotatable bonds is 4. The highest BCUT2D eigenvalue weighted by molar-refractivity contribution is 6.00. The van der Waals surface area contributed by atoms with Crippen LogP contribution in [0.2, 0.25) is 0 Å². The minimum absolute atomic E-state index is 0.0469. The lowest BCUT2D eigenvalue weighted by atomic mass is 10.0. The number of esters is 1. The number of aromatic nitrogens is 4. The van der Waals surface area contributed by atoms with Gasteiger partial charge < -0.3 is 25.0 Å². The molecule has 0 saturated carbocycles. The minimum Gasteiger partial charge on any atom is -0.452 e. The van der Waals surface area contributed by atoms with Gasteiger partial charge in [0.15, 0.2) is 23.1 Å². The van der Waals surface area contributed by atoms with Crippen molar-refractivity contribution in [3.63, 3.8) is 0 Å². The predicted octanol–water partition coefficient (Wildman–Crippen LogP) is -0.360. The number of hydrogen-bond acceptors (Lipinski definition) is 9. The summed E-state index contributed by atoms with van der Waals surface area (Å²) >= 11 is 0. The second-order valence-electron chi connectivity index (χ2n) is 6.97. The van der Waals surface area contributed by atoms with E-state index in [2.05, 4.69) is 20.3 Å². The monoisotopic (exact) mass is 395 g/mol. The standard InChI is InChI=1S/C16H18FN5O6/c1-16(5-23)8(24)4-9(28-16)22-6-18-11-12(20-15(17)21-13(11)22)19-14(26)7-2-3-10(25)27-7/h6-9,23-24H,2-5H2,1H3,(H,19,20,21,26)/t7-,8+,9-,16-/m1/s1. The van der Waals surface area contributed by atoms with Crippen molar-refractivity contribution in [2.75, 3.05) is 11.9 Å². The van der Waals surface area contributed by atoms with E-state index in [4.69, 9.17) is 9.47 Å². The summed E-state index contributed by atoms with van der Waals surface area (Å²) in [6.45, 7) is 1.16. The highest BCUT2D eigenvalue weighted by Crippen LogP contribution is 2.37. The first kappa shape index (κ1) is 18.7. The van der Waals surface area contributed by atoms with Crippen LogP contribution in [-0.4, -0.2) is 66.0 Å². The number of carbonyl (C=O) groups is 2. The smallest absolute Gasteiger partial charge is 0.312 e. The number of ether oxygens (including phenoxy) is 2. The third kappa shape index (κ3) is 3.08. The average molecular weight is 395 g/mol. The Bertz CT molecular complexity index is 951. The van der Waals surface area contributed by atoms with Crippen LogP contribution in [0, 0.1) is 6.08 Å². The van der Waals surface area contributed by atoms with Crippen molar-refractivity contribution in [2.24, 2.45) is 0 Å². The van der Waals surface area contributed by atoms with Crippen molar-refractivity contribution in [1.29, 1.82) is 0 Å². The number of aliphatic hydroxyl groups is 2. The quantitative estimate of drug-likeness (QED) is 0.466. The first-order chi connectivity index (χ1) is 13.3. The molecule has 4 atom stereocenters. The number of amides is 1. The second-order valence-corrected chi connectivity index (χ2v) is 6.97. The molecule has 2 aromatic heterocycles. The van der Waals surface area contributed by atoms with Crippen LogP contribution in [0.25, 0.3) is 11.2 Å². The number of aliphatic hydroxyl groups excluding tert-OH is 2. The van der Waals surface area contributed by atoms with Crippen molar-refractivity contribution >= 4 is 28.9 Å². The van der Waals surface area contributed by atoms with Crippen molar-refractivity contribution in [3.8, 4) is 0 Å². The maximum absolute atomic E-state index is 14.0. The average Bonchev–Trinajstić information content (AvgIpc) is 3.33. The topological polar surface area (TPSA) is 149 Å². The molecular weight excluding hydrogens is 377 g/mol. The van der Waals surface area contributed by atoms with Gasteiger partial charge in [-0.25, -0.2) is 4.98 Å². The Balaban J connectivity index is 1.64. The molecule has 4 rings (SSSR count). The van der Waals surface area contributed by atoms with Crippen LogP contribution in [0.3, 0.4) is 0 Å². The van der Waals surface area contributed by atoms with Gasteiger partial charge >= 0.3 is 12.0 Å². The normalized spacial score (nSPS) is 30.0. The Morgan fingerprint density at radius 3 is 2.93 bits per heavy atom. The molecule has 2 saturated heterocycles. The highest BCUT2D eigenvalue weighted by atomic mass is 19.1. The molecule has 0 aliphatic carbocycles. The maximum atomic E-state index is 14.0. The van der Waals surface area contributed by atoms with Crippen molar-refractivity contribution in [2.45, 2.75) is 50.2 Å². The Morgan fingerprint density at radius 2 is 2.29 bits per heavy atom. The van der Waals surface area contributed by atoms with Crippen LogP contribution in [0.15, 0.2) is 6.33 Å². The molecule has 4 heterocycles. The zero-order chi connectivity index (χ0) is 20.1. The van der Waals surface area contributed by atoms with Gasteiger partial charge in [-0.05, 0) is 6.92 Å². The Kier molecular flexibility index (Phi) is 4.48. The zero-order valence-electron chi connectivity index (χ0n) is 14.8. The molecule has 150 valence electrons. The number of nitrogens with one attached hydrogen (secondary N) is 1. The van der Waals surface area contributed by atoms with Gasteiger partial charge in [0.25, 0.3) is 5.91 Å². The zero-order valence-corrected chi connectivity index (χ0v) is 14.8. The van der Waals surface area contributed by atoms with E-state index in [1.165, 1.54) is 10.9 Å². The molecule has 3 N–H and O–H groups in total. The van der Waals surface area contributed by atoms with Crippen LogP contribution < -0.4 is 5.32 Å². The van der Waals surface area contributed by atoms with Crippen LogP contribution in [0.4, 0.5) is 10.2 Å². The van der Waals surface area contributed by atoms with Gasteiger partial charge in [-0.1, -0.05) is 0 Å². The summed E-state index contributed by atoms with van der Waals surface area (Å²) in [5, 5.41) is 22.0. The van der Waals surface area contributed by atoms with Crippen molar-refractivity contribution in [3.05, 3.63) is 12.4 Å². The van der Waals surface area contributed by atoms with E-state index < -0.39 is 48.6 Å². The molecule has 2 aromatic rings. The van der Waals surface area contributed by atoms with E-state index in [0.29, 0.717) is 0 Å². The summed E-state index contributed by atoms with van der Waals surface area (Å²) in [6, 6.07) is 0. The van der Waals surface area contributed by atoms with Crippen molar-refractivity contribution in [1.82, 2.24) is 19.5 Å². The third-order valence-corrected chi connectivity index (χ3v) is 4.97. The molecule has 2 aliphatic rings. The molecule has 28 heavy (non-hydrogen) atoms. The predicted molar refractivity (Wildman–Crippen MR) is 89.3 cm³/mol. The molecule has 0 aromatic carbocycles. The Morgan fingerprint density at radius 1 is 1.50 bits per heavy atom. The summed E-state index contributed by atoms with van der Waals surface area (Å²) in [6.07, 6.45) is -1.95. The van der Waals surface area contributed by atoms with Gasteiger partial charge in [0.1, 0.15) is 11.8 Å². The van der Waals surface area contributed by atoms with E-state index in [1.54, 1.807) is 6.92 Å². The minimum atomic E-state index is -1.17. The molecule has 0 bridgehead atoms. The number of cyclic esters (lactones) is 1. The van der Waals surface area contributed by atoms with E-state index in [9.17, 15) is 24.2 Å². The van der Waals surface area contributed by atoms with Crippen LogP contribution in [0.1, 0.15) is 32.4 Å². The third-order valence-electron chi connectivity index (χ3n) is 4.97. The fourth-order valence-electron chi connectivity index (χ4n) is 3.29.